The van der Waals surface area contributed by atoms with Gasteiger partial charge in [-0.3, -0.25) is 4.79 Å². The number of esters is 2. The number of aliphatic hydroxyl groups is 1. The van der Waals surface area contributed by atoms with Crippen LogP contribution in [0.1, 0.15) is 60.3 Å². The number of allylic oxidation sites excluding steroid dienone is 2. The lowest BCUT2D eigenvalue weighted by atomic mass is 9.82. The number of hydrogen-bond acceptors (Lipinski definition) is 5. The fourth-order valence-corrected chi connectivity index (χ4v) is 3.97. The summed E-state index contributed by atoms with van der Waals surface area (Å²) in [6.45, 7) is 9.52. The molecule has 5 nitrogen and oxygen atoms in total. The minimum absolute atomic E-state index is 0.143. The molecular formula is C22H32O5. The Hall–Kier alpha value is -1.88. The fourth-order valence-electron chi connectivity index (χ4n) is 3.97. The average molecular weight is 376 g/mol. The molecule has 0 saturated carbocycles. The first-order valence-electron chi connectivity index (χ1n) is 9.77. The molecule has 0 aromatic rings. The molecule has 0 radical (unpaired) electrons. The van der Waals surface area contributed by atoms with E-state index < -0.39 is 12.2 Å². The quantitative estimate of drug-likeness (QED) is 0.585. The van der Waals surface area contributed by atoms with Gasteiger partial charge in [0.1, 0.15) is 12.2 Å². The van der Waals surface area contributed by atoms with Crippen molar-refractivity contribution in [2.24, 2.45) is 11.8 Å². The van der Waals surface area contributed by atoms with Crippen LogP contribution in [0.4, 0.5) is 0 Å². The smallest absolute Gasteiger partial charge is 0.334 e. The summed E-state index contributed by atoms with van der Waals surface area (Å²) in [5, 5.41) is 10.3. The molecule has 1 aliphatic carbocycles. The highest BCUT2D eigenvalue weighted by molar-refractivity contribution is 5.91. The third kappa shape index (κ3) is 6.06. The summed E-state index contributed by atoms with van der Waals surface area (Å²) < 4.78 is 11.3. The van der Waals surface area contributed by atoms with E-state index in [1.165, 1.54) is 6.92 Å². The van der Waals surface area contributed by atoms with Crippen LogP contribution in [0.2, 0.25) is 0 Å². The van der Waals surface area contributed by atoms with Crippen LogP contribution in [0.15, 0.2) is 34.9 Å². The van der Waals surface area contributed by atoms with E-state index in [1.807, 2.05) is 33.8 Å². The van der Waals surface area contributed by atoms with E-state index in [0.29, 0.717) is 12.0 Å². The van der Waals surface area contributed by atoms with E-state index in [-0.39, 0.29) is 36.3 Å². The molecule has 0 saturated heterocycles. The molecular weight excluding hydrogens is 344 g/mol. The maximum Gasteiger partial charge on any atom is 0.334 e. The number of carbonyl (C=O) groups excluding carboxylic acids is 2. The lowest BCUT2D eigenvalue weighted by molar-refractivity contribution is -0.156. The molecule has 0 spiro atoms. The lowest BCUT2D eigenvalue weighted by Gasteiger charge is -2.33. The second-order valence-corrected chi connectivity index (χ2v) is 8.11. The first kappa shape index (κ1) is 21.4. The van der Waals surface area contributed by atoms with Gasteiger partial charge in [0.15, 0.2) is 0 Å². The summed E-state index contributed by atoms with van der Waals surface area (Å²) in [6, 6.07) is 0. The number of ether oxygens (including phenoxy) is 2. The molecule has 0 aromatic carbocycles. The molecule has 1 N–H and O–H groups in total. The van der Waals surface area contributed by atoms with E-state index >= 15 is 0 Å². The van der Waals surface area contributed by atoms with Crippen LogP contribution in [0.25, 0.3) is 0 Å². The minimum Gasteiger partial charge on any atom is -0.462 e. The summed E-state index contributed by atoms with van der Waals surface area (Å²) in [5.74, 6) is -0.715. The highest BCUT2D eigenvalue weighted by atomic mass is 16.6. The number of fused-ring (bicyclic) bond motifs is 1. The second kappa shape index (κ2) is 9.36. The summed E-state index contributed by atoms with van der Waals surface area (Å²) in [4.78, 5) is 24.1. The molecule has 1 aliphatic heterocycles. The molecule has 0 aromatic heterocycles. The van der Waals surface area contributed by atoms with Crippen LogP contribution >= 0.6 is 0 Å². The number of carbonyl (C=O) groups is 2. The van der Waals surface area contributed by atoms with Crippen molar-refractivity contribution in [2.75, 3.05) is 0 Å². The second-order valence-electron chi connectivity index (χ2n) is 8.11. The Morgan fingerprint density at radius 3 is 2.56 bits per heavy atom. The summed E-state index contributed by atoms with van der Waals surface area (Å²) in [5.41, 5.74) is 2.72. The third-order valence-electron chi connectivity index (χ3n) is 5.23. The monoisotopic (exact) mass is 376 g/mol. The van der Waals surface area contributed by atoms with Gasteiger partial charge in [0, 0.05) is 31.3 Å². The van der Waals surface area contributed by atoms with Crippen LogP contribution in [0.5, 0.6) is 0 Å². The van der Waals surface area contributed by atoms with E-state index in [2.05, 4.69) is 6.08 Å². The predicted octanol–water partition coefficient (Wildman–Crippen LogP) is 3.87. The fraction of sp³-hybridized carbons (Fsp3) is 0.636. The molecule has 150 valence electrons. The van der Waals surface area contributed by atoms with Crippen molar-refractivity contribution in [1.82, 2.24) is 0 Å². The van der Waals surface area contributed by atoms with Gasteiger partial charge in [-0.1, -0.05) is 37.1 Å². The molecule has 4 atom stereocenters. The standard InChI is InChI=1S/C22H32O5/c1-13(2)21-19(26-16(5)23)10-15(4)8-6-7-14(3)9-18(24)11-17-12-20(21)27-22(17)25/h8-9,12-13,18-21,24H,6-7,10-11H2,1-5H3/b14-9+,15-8+/t18-,19-,20+,21+/m0/s1. The zero-order valence-electron chi connectivity index (χ0n) is 17.0. The molecule has 2 bridgehead atoms. The summed E-state index contributed by atoms with van der Waals surface area (Å²) >= 11 is 0. The first-order chi connectivity index (χ1) is 12.7. The minimum atomic E-state index is -0.711. The zero-order valence-corrected chi connectivity index (χ0v) is 17.0. The van der Waals surface area contributed by atoms with Gasteiger partial charge in [-0.25, -0.2) is 4.79 Å². The van der Waals surface area contributed by atoms with Crippen LogP contribution in [-0.4, -0.2) is 35.4 Å². The molecule has 2 rings (SSSR count). The normalized spacial score (nSPS) is 33.9. The summed E-state index contributed by atoms with van der Waals surface area (Å²) in [6.07, 6.45) is 6.81. The SMILES string of the molecule is CC(=O)O[C@H]1C/C(C)=C/CC/C(C)=C/[C@H](O)CC2=C[C@@H](OC2=O)[C@@H]1C(C)C. The lowest BCUT2D eigenvalue weighted by Crippen LogP contribution is -2.38. The van der Waals surface area contributed by atoms with Crippen molar-refractivity contribution in [3.05, 3.63) is 34.9 Å². The maximum absolute atomic E-state index is 12.3. The number of aliphatic hydroxyl groups excluding tert-OH is 1. The van der Waals surface area contributed by atoms with Crippen molar-refractivity contribution in [3.8, 4) is 0 Å². The molecule has 5 heteroatoms. The van der Waals surface area contributed by atoms with Crippen molar-refractivity contribution < 1.29 is 24.2 Å². The Labute approximate surface area is 162 Å². The van der Waals surface area contributed by atoms with Gasteiger partial charge in [0.2, 0.25) is 0 Å². The van der Waals surface area contributed by atoms with E-state index in [0.717, 1.165) is 24.0 Å². The van der Waals surface area contributed by atoms with Gasteiger partial charge < -0.3 is 14.6 Å². The van der Waals surface area contributed by atoms with Gasteiger partial charge in [-0.15, -0.1) is 0 Å². The van der Waals surface area contributed by atoms with E-state index in [1.54, 1.807) is 6.08 Å². The Balaban J connectivity index is 2.42. The van der Waals surface area contributed by atoms with Crippen LogP contribution < -0.4 is 0 Å². The first-order valence-corrected chi connectivity index (χ1v) is 9.77. The average Bonchev–Trinajstić information content (AvgIpc) is 2.85. The number of hydrogen-bond donors (Lipinski definition) is 1. The van der Waals surface area contributed by atoms with E-state index in [9.17, 15) is 14.7 Å². The predicted molar refractivity (Wildman–Crippen MR) is 104 cm³/mol. The Morgan fingerprint density at radius 1 is 1.22 bits per heavy atom. The van der Waals surface area contributed by atoms with Crippen molar-refractivity contribution >= 4 is 11.9 Å². The molecule has 0 amide bonds. The van der Waals surface area contributed by atoms with Crippen molar-refractivity contribution in [3.63, 3.8) is 0 Å². The van der Waals surface area contributed by atoms with Crippen LogP contribution in [0.3, 0.4) is 0 Å². The molecule has 2 aliphatic rings. The van der Waals surface area contributed by atoms with Gasteiger partial charge in [0.25, 0.3) is 0 Å². The highest BCUT2D eigenvalue weighted by Crippen LogP contribution is 2.34. The topological polar surface area (TPSA) is 72.8 Å². The van der Waals surface area contributed by atoms with Gasteiger partial charge in [-0.2, -0.15) is 0 Å². The van der Waals surface area contributed by atoms with Crippen LogP contribution in [0, 0.1) is 11.8 Å². The number of rotatable bonds is 2. The molecule has 27 heavy (non-hydrogen) atoms. The third-order valence-corrected chi connectivity index (χ3v) is 5.23. The maximum atomic E-state index is 12.3. The Bertz CT molecular complexity index is 656. The largest absolute Gasteiger partial charge is 0.462 e. The highest BCUT2D eigenvalue weighted by Gasteiger charge is 2.39. The summed E-state index contributed by atoms with van der Waals surface area (Å²) in [7, 11) is 0. The van der Waals surface area contributed by atoms with Gasteiger partial charge in [0.05, 0.1) is 6.10 Å². The van der Waals surface area contributed by atoms with Gasteiger partial charge >= 0.3 is 11.9 Å². The Kier molecular flexibility index (Phi) is 7.42. The zero-order chi connectivity index (χ0) is 20.1. The van der Waals surface area contributed by atoms with Crippen LogP contribution in [-0.2, 0) is 19.1 Å². The van der Waals surface area contributed by atoms with Crippen molar-refractivity contribution in [1.29, 1.82) is 0 Å². The molecule has 0 fully saturated rings. The Morgan fingerprint density at radius 2 is 1.93 bits per heavy atom. The van der Waals surface area contributed by atoms with Gasteiger partial charge in [-0.05, 0) is 38.7 Å². The molecule has 1 heterocycles. The van der Waals surface area contributed by atoms with E-state index in [4.69, 9.17) is 9.47 Å². The molecule has 0 unspecified atom stereocenters. The van der Waals surface area contributed by atoms with Crippen molar-refractivity contribution in [2.45, 2.75) is 78.6 Å².